The molecule has 24 heteroatoms. The van der Waals surface area contributed by atoms with E-state index in [-0.39, 0.29) is 11.3 Å². The summed E-state index contributed by atoms with van der Waals surface area (Å²) in [5.41, 5.74) is 1.20. The van der Waals surface area contributed by atoms with Crippen molar-refractivity contribution in [3.05, 3.63) is 54.1 Å². The molecule has 0 fully saturated rings. The highest BCUT2D eigenvalue weighted by Gasteiger charge is 2.95. The lowest BCUT2D eigenvalue weighted by Crippen LogP contribution is -2.74. The summed E-state index contributed by atoms with van der Waals surface area (Å²) in [6, 6.07) is 11.4. The Kier molecular flexibility index (Phi) is 12.2. The van der Waals surface area contributed by atoms with E-state index < -0.39 is 84.8 Å². The van der Waals surface area contributed by atoms with Gasteiger partial charge in [0.25, 0.3) is 5.91 Å². The smallest absolute Gasteiger partial charge is 0.460 e. The molecule has 0 radical (unpaired) electrons. The van der Waals surface area contributed by atoms with E-state index in [2.05, 4.69) is 10.2 Å². The Labute approximate surface area is 280 Å². The van der Waals surface area contributed by atoms with Crippen LogP contribution in [0.5, 0.6) is 0 Å². The molecule has 0 aromatic heterocycles. The lowest BCUT2D eigenvalue weighted by molar-refractivity contribution is -0.461. The SMILES string of the molecule is CN(C)c1ccc(N=Nc2ccc(C(=O)NCC(CCC(F)(F)C(F)(F)C(F)(F)C(F)(F)C(F)(F)C(F)(F)C(F)(F)C(F)(F)F)C(=O)O)cc2)cc1. The number of hydrogen-bond acceptors (Lipinski definition) is 5. The van der Waals surface area contributed by atoms with Gasteiger partial charge in [-0.15, -0.1) is 0 Å². The topological polar surface area (TPSA) is 94.4 Å². The molecule has 1 atom stereocenters. The fourth-order valence-electron chi connectivity index (χ4n) is 3.95. The zero-order valence-corrected chi connectivity index (χ0v) is 25.8. The minimum absolute atomic E-state index is 0.178. The Balaban J connectivity index is 2.18. The highest BCUT2D eigenvalue weighted by atomic mass is 19.4. The third kappa shape index (κ3) is 7.98. The second-order valence-corrected chi connectivity index (χ2v) is 11.1. The fourth-order valence-corrected chi connectivity index (χ4v) is 3.95. The summed E-state index contributed by atoms with van der Waals surface area (Å²) in [4.78, 5) is 25.7. The predicted octanol–water partition coefficient (Wildman–Crippen LogP) is 9.39. The van der Waals surface area contributed by atoms with E-state index in [4.69, 9.17) is 0 Å². The normalized spacial score (nSPS) is 14.8. The summed E-state index contributed by atoms with van der Waals surface area (Å²) in [7, 11) is 3.59. The van der Waals surface area contributed by atoms with Gasteiger partial charge in [-0.2, -0.15) is 84.9 Å². The van der Waals surface area contributed by atoms with Crippen molar-refractivity contribution in [1.29, 1.82) is 0 Å². The van der Waals surface area contributed by atoms with Gasteiger partial charge in [-0.1, -0.05) is 0 Å². The van der Waals surface area contributed by atoms with Crippen LogP contribution in [-0.2, 0) is 4.79 Å². The van der Waals surface area contributed by atoms with Crippen molar-refractivity contribution in [3.63, 3.8) is 0 Å². The number of carboxylic acid groups (broad SMARTS) is 1. The molecule has 0 saturated heterocycles. The number of nitrogens with zero attached hydrogens (tertiary/aromatic N) is 3. The van der Waals surface area contributed by atoms with Gasteiger partial charge < -0.3 is 15.3 Å². The van der Waals surface area contributed by atoms with Crippen LogP contribution in [0.1, 0.15) is 23.2 Å². The van der Waals surface area contributed by atoms with Crippen molar-refractivity contribution in [3.8, 4) is 0 Å². The van der Waals surface area contributed by atoms with Gasteiger partial charge in [0.1, 0.15) is 0 Å². The molecule has 0 heterocycles. The number of rotatable bonds is 16. The number of anilines is 1. The van der Waals surface area contributed by atoms with Crippen LogP contribution in [0.2, 0.25) is 0 Å². The summed E-state index contributed by atoms with van der Waals surface area (Å²) >= 11 is 0. The van der Waals surface area contributed by atoms with Crippen LogP contribution >= 0.6 is 0 Å². The van der Waals surface area contributed by atoms with E-state index in [9.17, 15) is 89.3 Å². The van der Waals surface area contributed by atoms with Gasteiger partial charge in [0.05, 0.1) is 17.3 Å². The number of hydrogen-bond donors (Lipinski definition) is 2. The first-order chi connectivity index (χ1) is 23.3. The van der Waals surface area contributed by atoms with Gasteiger partial charge in [0, 0.05) is 38.3 Å². The molecule has 7 nitrogen and oxygen atoms in total. The molecule has 2 aromatic rings. The largest absolute Gasteiger partial charge is 0.481 e. The zero-order valence-electron chi connectivity index (χ0n) is 25.8. The van der Waals surface area contributed by atoms with Gasteiger partial charge in [-0.3, -0.25) is 9.59 Å². The summed E-state index contributed by atoms with van der Waals surface area (Å²) < 4.78 is 229. The number of carbonyl (C=O) groups excluding carboxylic acids is 1. The van der Waals surface area contributed by atoms with E-state index in [1.807, 2.05) is 10.2 Å². The Hall–Kier alpha value is -4.41. The standard InChI is InChI=1S/C28H23F17N4O3/c1-49(2)18-9-7-17(8-10-18)48-47-16-5-3-14(4-6-16)19(50)46-13-15(20(51)52)11-12-21(29,30)22(31,32)23(33,34)24(35,36)25(37,38)26(39,40)27(41,42)28(43,44)45/h3-10,15H,11-13H2,1-2H3,(H,46,50)(H,51,52). The van der Waals surface area contributed by atoms with Crippen LogP contribution in [0.4, 0.5) is 91.7 Å². The van der Waals surface area contributed by atoms with Gasteiger partial charge in [-0.05, 0) is 55.0 Å². The average Bonchev–Trinajstić information content (AvgIpc) is 3.02. The minimum atomic E-state index is -8.77. The van der Waals surface area contributed by atoms with Crippen LogP contribution in [0.15, 0.2) is 58.8 Å². The van der Waals surface area contributed by atoms with Crippen molar-refractivity contribution in [1.82, 2.24) is 5.32 Å². The first-order valence-electron chi connectivity index (χ1n) is 13.8. The summed E-state index contributed by atoms with van der Waals surface area (Å²) in [6.07, 6.45) is -12.8. The minimum Gasteiger partial charge on any atom is -0.481 e. The molecular weight excluding hydrogens is 763 g/mol. The Morgan fingerprint density at radius 3 is 1.40 bits per heavy atom. The maximum atomic E-state index is 14.3. The van der Waals surface area contributed by atoms with Crippen molar-refractivity contribution in [2.45, 2.75) is 60.5 Å². The highest BCUT2D eigenvalue weighted by molar-refractivity contribution is 5.94. The molecule has 2 aromatic carbocycles. The van der Waals surface area contributed by atoms with Gasteiger partial charge in [-0.25, -0.2) is 0 Å². The molecular formula is C28H23F17N4O3. The van der Waals surface area contributed by atoms with Crippen molar-refractivity contribution in [2.75, 3.05) is 25.5 Å². The lowest BCUT2D eigenvalue weighted by atomic mass is 9.87. The molecule has 0 aliphatic rings. The van der Waals surface area contributed by atoms with Gasteiger partial charge in [0.15, 0.2) is 0 Å². The number of carboxylic acids is 1. The number of amides is 1. The lowest BCUT2D eigenvalue weighted by Gasteiger charge is -2.42. The Morgan fingerprint density at radius 2 is 1.02 bits per heavy atom. The molecule has 0 aliphatic heterocycles. The third-order valence-corrected chi connectivity index (χ3v) is 7.23. The van der Waals surface area contributed by atoms with Crippen molar-refractivity contribution < 1.29 is 89.3 Å². The quantitative estimate of drug-likeness (QED) is 0.131. The number of benzene rings is 2. The van der Waals surface area contributed by atoms with E-state index in [1.165, 1.54) is 12.1 Å². The van der Waals surface area contributed by atoms with Crippen LogP contribution in [0, 0.1) is 5.92 Å². The molecule has 292 valence electrons. The van der Waals surface area contributed by atoms with E-state index in [0.29, 0.717) is 5.69 Å². The average molecular weight is 786 g/mol. The van der Waals surface area contributed by atoms with E-state index >= 15 is 0 Å². The second-order valence-electron chi connectivity index (χ2n) is 11.1. The molecule has 2 N–H and O–H groups in total. The Morgan fingerprint density at radius 1 is 0.635 bits per heavy atom. The Bertz CT molecular complexity index is 1590. The molecule has 0 aliphatic carbocycles. The monoisotopic (exact) mass is 786 g/mol. The van der Waals surface area contributed by atoms with Crippen LogP contribution < -0.4 is 10.2 Å². The van der Waals surface area contributed by atoms with E-state index in [0.717, 1.165) is 17.8 Å². The van der Waals surface area contributed by atoms with Crippen LogP contribution in [-0.4, -0.2) is 85.3 Å². The summed E-state index contributed by atoms with van der Waals surface area (Å²) in [5, 5.41) is 18.9. The summed E-state index contributed by atoms with van der Waals surface area (Å²) in [5.74, 6) is -63.4. The maximum Gasteiger partial charge on any atom is 0.460 e. The highest BCUT2D eigenvalue weighted by Crippen LogP contribution is 2.64. The molecule has 0 spiro atoms. The zero-order chi connectivity index (χ0) is 40.5. The molecule has 2 rings (SSSR count). The maximum absolute atomic E-state index is 14.3. The van der Waals surface area contributed by atoms with E-state index in [1.54, 1.807) is 38.4 Å². The van der Waals surface area contributed by atoms with Gasteiger partial charge in [0.2, 0.25) is 0 Å². The molecule has 0 bridgehead atoms. The predicted molar refractivity (Wildman–Crippen MR) is 145 cm³/mol. The van der Waals surface area contributed by atoms with Crippen molar-refractivity contribution in [2.24, 2.45) is 16.1 Å². The molecule has 52 heavy (non-hydrogen) atoms. The van der Waals surface area contributed by atoms with Crippen LogP contribution in [0.3, 0.4) is 0 Å². The number of alkyl halides is 17. The number of carbonyl (C=O) groups is 2. The first kappa shape index (κ1) is 43.8. The van der Waals surface area contributed by atoms with Crippen LogP contribution in [0.25, 0.3) is 0 Å². The molecule has 0 saturated carbocycles. The number of nitrogens with one attached hydrogen (secondary N) is 1. The molecule has 1 amide bonds. The fraction of sp³-hybridized carbons (Fsp3) is 0.500. The van der Waals surface area contributed by atoms with Crippen molar-refractivity contribution >= 4 is 28.9 Å². The number of halogens is 17. The van der Waals surface area contributed by atoms with Gasteiger partial charge >= 0.3 is 53.6 Å². The third-order valence-electron chi connectivity index (χ3n) is 7.23. The molecule has 1 unspecified atom stereocenters. The number of aliphatic carboxylic acids is 1. The number of azo groups is 1. The second kappa shape index (κ2) is 14.5. The summed E-state index contributed by atoms with van der Waals surface area (Å²) in [6.45, 7) is -1.26. The first-order valence-corrected chi connectivity index (χ1v) is 13.8.